The Labute approximate surface area is 252 Å². The first-order chi connectivity index (χ1) is 18.8. The van der Waals surface area contributed by atoms with Crippen LogP contribution in [0, 0.1) is 0 Å². The summed E-state index contributed by atoms with van der Waals surface area (Å²) in [7, 11) is -2.36. The molecule has 0 saturated carbocycles. The van der Waals surface area contributed by atoms with E-state index < -0.39 is 10.0 Å². The number of nitrogens with one attached hydrogen (secondary N) is 2. The fourth-order valence-corrected chi connectivity index (χ4v) is 6.98. The molecule has 2 heterocycles. The van der Waals surface area contributed by atoms with Crippen molar-refractivity contribution < 1.29 is 17.9 Å². The Balaban J connectivity index is 0.00000370. The number of carbonyl (C=O) groups excluding carboxylic acids is 1. The molecule has 5 rings (SSSR count). The summed E-state index contributed by atoms with van der Waals surface area (Å²) in [4.78, 5) is 22.4. The molecule has 3 aromatic carbocycles. The quantitative estimate of drug-likeness (QED) is 0.264. The van der Waals surface area contributed by atoms with E-state index in [1.165, 1.54) is 19.2 Å². The van der Waals surface area contributed by atoms with Crippen LogP contribution in [0.2, 0.25) is 0 Å². The molecule has 0 atom stereocenters. The predicted molar refractivity (Wildman–Crippen MR) is 166 cm³/mol. The van der Waals surface area contributed by atoms with E-state index in [4.69, 9.17) is 9.72 Å². The number of hydrogen-bond acceptors (Lipinski definition) is 8. The largest absolute Gasteiger partial charge is 0.497 e. The molecule has 2 N–H and O–H groups in total. The minimum absolute atomic E-state index is 0. The second-order valence-electron chi connectivity index (χ2n) is 9.02. The Morgan fingerprint density at radius 3 is 2.50 bits per heavy atom. The van der Waals surface area contributed by atoms with Crippen LogP contribution in [-0.2, 0) is 10.0 Å². The molecule has 1 fully saturated rings. The molecule has 0 unspecified atom stereocenters. The number of para-hydroxylation sites is 1. The highest BCUT2D eigenvalue weighted by molar-refractivity contribution is 9.10. The van der Waals surface area contributed by atoms with Crippen LogP contribution in [0.4, 0.5) is 10.8 Å². The first-order valence-electron chi connectivity index (χ1n) is 12.4. The normalized spacial score (nSPS) is 14.0. The third kappa shape index (κ3) is 7.05. The van der Waals surface area contributed by atoms with E-state index in [0.717, 1.165) is 46.0 Å². The molecule has 1 saturated heterocycles. The smallest absolute Gasteiger partial charge is 0.261 e. The van der Waals surface area contributed by atoms with Crippen molar-refractivity contribution in [2.45, 2.75) is 4.90 Å². The summed E-state index contributed by atoms with van der Waals surface area (Å²) in [5.74, 6) is 0.225. The number of carbonyl (C=O) groups is 1. The fraction of sp³-hybridized carbons (Fsp3) is 0.259. The monoisotopic (exact) mass is 665 g/mol. The second kappa shape index (κ2) is 13.2. The number of fused-ring (bicyclic) bond motifs is 1. The van der Waals surface area contributed by atoms with Gasteiger partial charge >= 0.3 is 0 Å². The summed E-state index contributed by atoms with van der Waals surface area (Å²) >= 11 is 5.22. The number of piperazine rings is 1. The number of aromatic nitrogens is 1. The molecule has 9 nitrogen and oxygen atoms in total. The van der Waals surface area contributed by atoms with E-state index in [9.17, 15) is 13.2 Å². The zero-order valence-corrected chi connectivity index (χ0v) is 25.7. The van der Waals surface area contributed by atoms with Gasteiger partial charge in [-0.25, -0.2) is 13.4 Å². The lowest BCUT2D eigenvalue weighted by Gasteiger charge is -2.34. The van der Waals surface area contributed by atoms with Gasteiger partial charge in [0.05, 0.1) is 33.5 Å². The highest BCUT2D eigenvalue weighted by Gasteiger charge is 2.21. The maximum Gasteiger partial charge on any atom is 0.261 e. The van der Waals surface area contributed by atoms with Crippen LogP contribution >= 0.6 is 39.7 Å². The van der Waals surface area contributed by atoms with Crippen LogP contribution < -0.4 is 19.7 Å². The van der Waals surface area contributed by atoms with Gasteiger partial charge in [-0.1, -0.05) is 39.4 Å². The zero-order chi connectivity index (χ0) is 27.4. The molecule has 13 heteroatoms. The third-order valence-corrected chi connectivity index (χ3v) is 9.43. The van der Waals surface area contributed by atoms with Crippen LogP contribution in [0.25, 0.3) is 10.2 Å². The van der Waals surface area contributed by atoms with Gasteiger partial charge in [-0.2, -0.15) is 0 Å². The lowest BCUT2D eigenvalue weighted by Crippen LogP contribution is -2.48. The van der Waals surface area contributed by atoms with Crippen LogP contribution in [0.15, 0.2) is 76.1 Å². The second-order valence-corrected chi connectivity index (χ2v) is 12.6. The van der Waals surface area contributed by atoms with Crippen molar-refractivity contribution in [3.8, 4) is 5.75 Å². The molecule has 212 valence electrons. The molecule has 1 amide bonds. The molecule has 1 aromatic heterocycles. The average molecular weight is 667 g/mol. The number of anilines is 2. The van der Waals surface area contributed by atoms with Gasteiger partial charge in [0.1, 0.15) is 5.75 Å². The fourth-order valence-electron chi connectivity index (χ4n) is 4.34. The van der Waals surface area contributed by atoms with Crippen LogP contribution in [0.3, 0.4) is 0 Å². The van der Waals surface area contributed by atoms with Gasteiger partial charge in [-0.05, 0) is 54.6 Å². The van der Waals surface area contributed by atoms with Crippen LogP contribution in [0.1, 0.15) is 10.4 Å². The Hall–Kier alpha value is -2.90. The lowest BCUT2D eigenvalue weighted by atomic mass is 10.1. The maximum absolute atomic E-state index is 13.0. The van der Waals surface area contributed by atoms with E-state index in [2.05, 4.69) is 41.8 Å². The molecular weight excluding hydrogens is 638 g/mol. The number of hydrogen-bond donors (Lipinski definition) is 2. The number of thiazole rings is 1. The molecule has 4 aromatic rings. The molecule has 1 aliphatic heterocycles. The van der Waals surface area contributed by atoms with Crippen LogP contribution in [0.5, 0.6) is 5.75 Å². The summed E-state index contributed by atoms with van der Waals surface area (Å²) in [5.41, 5.74) is 1.50. The minimum atomic E-state index is -3.88. The number of sulfonamides is 1. The number of benzene rings is 3. The summed E-state index contributed by atoms with van der Waals surface area (Å²) < 4.78 is 35.6. The number of ether oxygens (including phenoxy) is 1. The van der Waals surface area contributed by atoms with E-state index in [1.807, 2.05) is 12.1 Å². The van der Waals surface area contributed by atoms with E-state index >= 15 is 0 Å². The van der Waals surface area contributed by atoms with Crippen molar-refractivity contribution in [1.29, 1.82) is 0 Å². The van der Waals surface area contributed by atoms with Crippen molar-refractivity contribution in [2.75, 3.05) is 56.0 Å². The first-order valence-corrected chi connectivity index (χ1v) is 15.5. The number of nitrogens with zero attached hydrogens (tertiary/aromatic N) is 3. The Morgan fingerprint density at radius 2 is 1.77 bits per heavy atom. The van der Waals surface area contributed by atoms with Gasteiger partial charge in [0.2, 0.25) is 0 Å². The number of methoxy groups -OCH3 is 1. The molecular formula is C27H29BrClN5O4S2. The van der Waals surface area contributed by atoms with Gasteiger partial charge in [0.25, 0.3) is 15.9 Å². The van der Waals surface area contributed by atoms with Gasteiger partial charge in [0.15, 0.2) is 5.13 Å². The summed E-state index contributed by atoms with van der Waals surface area (Å²) in [6, 6.07) is 18.8. The van der Waals surface area contributed by atoms with Crippen molar-refractivity contribution in [2.24, 2.45) is 0 Å². The minimum Gasteiger partial charge on any atom is -0.497 e. The van der Waals surface area contributed by atoms with Crippen molar-refractivity contribution in [1.82, 2.24) is 15.2 Å². The number of rotatable bonds is 9. The topological polar surface area (TPSA) is 104 Å². The van der Waals surface area contributed by atoms with E-state index in [0.29, 0.717) is 18.8 Å². The van der Waals surface area contributed by atoms with Gasteiger partial charge < -0.3 is 15.0 Å². The molecule has 0 aliphatic carbocycles. The molecule has 0 bridgehead atoms. The van der Waals surface area contributed by atoms with E-state index in [1.54, 1.807) is 47.7 Å². The van der Waals surface area contributed by atoms with Gasteiger partial charge in [-0.3, -0.25) is 14.4 Å². The molecule has 1 aliphatic rings. The molecule has 0 radical (unpaired) electrons. The Morgan fingerprint density at radius 1 is 1.05 bits per heavy atom. The average Bonchev–Trinajstić information content (AvgIpc) is 3.37. The predicted octanol–water partition coefficient (Wildman–Crippen LogP) is 4.84. The number of halogens is 2. The Bertz CT molecular complexity index is 1580. The van der Waals surface area contributed by atoms with Crippen molar-refractivity contribution in [3.63, 3.8) is 0 Å². The SMILES string of the molecule is COc1ccc(S(=O)(=O)Nc2ccccc2C(=O)NCCN2CCN(c3nc4ccc(Br)cc4s3)CC2)cc1.Cl. The zero-order valence-electron chi connectivity index (χ0n) is 21.7. The maximum atomic E-state index is 13.0. The summed E-state index contributed by atoms with van der Waals surface area (Å²) in [5, 5.41) is 3.97. The third-order valence-electron chi connectivity index (χ3n) is 6.48. The molecule has 0 spiro atoms. The highest BCUT2D eigenvalue weighted by atomic mass is 79.9. The molecule has 40 heavy (non-hydrogen) atoms. The van der Waals surface area contributed by atoms with Crippen LogP contribution in [-0.4, -0.2) is 70.6 Å². The lowest BCUT2D eigenvalue weighted by molar-refractivity contribution is 0.0948. The van der Waals surface area contributed by atoms with Gasteiger partial charge in [-0.15, -0.1) is 12.4 Å². The first kappa shape index (κ1) is 30.1. The Kier molecular flexibility index (Phi) is 9.90. The van der Waals surface area contributed by atoms with E-state index in [-0.39, 0.29) is 34.5 Å². The number of amides is 1. The van der Waals surface area contributed by atoms with Crippen molar-refractivity contribution >= 4 is 76.6 Å². The van der Waals surface area contributed by atoms with Crippen molar-refractivity contribution in [3.05, 3.63) is 76.8 Å². The highest BCUT2D eigenvalue weighted by Crippen LogP contribution is 2.31. The summed E-state index contributed by atoms with van der Waals surface area (Å²) in [6.07, 6.45) is 0. The summed E-state index contributed by atoms with van der Waals surface area (Å²) in [6.45, 7) is 4.62. The van der Waals surface area contributed by atoms with Gasteiger partial charge in [0, 0.05) is 43.7 Å². The standard InChI is InChI=1S/C27H28BrN5O4S2.ClH/c1-37-20-7-9-21(10-8-20)39(35,36)31-23-5-3-2-4-22(23)26(34)29-12-13-32-14-16-33(17-15-32)27-30-24-11-6-19(28)18-25(24)38-27;/h2-11,18,31H,12-17H2,1H3,(H,29,34);1H.